The SMILES string of the molecule is C=Cc1ccc(C=O)cc1.CC. The summed E-state index contributed by atoms with van der Waals surface area (Å²) in [7, 11) is 0. The fraction of sp³-hybridized carbons (Fsp3) is 0.182. The summed E-state index contributed by atoms with van der Waals surface area (Å²) in [6.45, 7) is 7.60. The van der Waals surface area contributed by atoms with Crippen LogP contribution in [-0.4, -0.2) is 6.29 Å². The Hall–Kier alpha value is -1.37. The van der Waals surface area contributed by atoms with Crippen LogP contribution in [0.25, 0.3) is 6.08 Å². The summed E-state index contributed by atoms with van der Waals surface area (Å²) >= 11 is 0. The molecule has 0 N–H and O–H groups in total. The molecule has 0 bridgehead atoms. The van der Waals surface area contributed by atoms with Gasteiger partial charge in [-0.25, -0.2) is 0 Å². The molecular weight excluding hydrogens is 148 g/mol. The van der Waals surface area contributed by atoms with E-state index < -0.39 is 0 Å². The average Bonchev–Trinajstić information content (AvgIpc) is 2.21. The summed E-state index contributed by atoms with van der Waals surface area (Å²) in [5.41, 5.74) is 1.73. The van der Waals surface area contributed by atoms with Crippen LogP contribution in [-0.2, 0) is 0 Å². The van der Waals surface area contributed by atoms with Crippen molar-refractivity contribution < 1.29 is 4.79 Å². The minimum absolute atomic E-state index is 0.700. The van der Waals surface area contributed by atoms with Crippen LogP contribution in [0.3, 0.4) is 0 Å². The van der Waals surface area contributed by atoms with E-state index in [4.69, 9.17) is 0 Å². The lowest BCUT2D eigenvalue weighted by atomic mass is 10.1. The van der Waals surface area contributed by atoms with Gasteiger partial charge in [-0.15, -0.1) is 0 Å². The van der Waals surface area contributed by atoms with Crippen molar-refractivity contribution in [3.8, 4) is 0 Å². The number of carbonyl (C=O) groups is 1. The van der Waals surface area contributed by atoms with Crippen molar-refractivity contribution in [1.29, 1.82) is 0 Å². The van der Waals surface area contributed by atoms with Crippen LogP contribution in [0.2, 0.25) is 0 Å². The molecule has 0 atom stereocenters. The lowest BCUT2D eigenvalue weighted by Gasteiger charge is -1.90. The van der Waals surface area contributed by atoms with E-state index in [1.807, 2.05) is 26.0 Å². The number of hydrogen-bond acceptors (Lipinski definition) is 1. The first-order valence-electron chi connectivity index (χ1n) is 4.04. The molecule has 64 valence electrons. The molecule has 1 aromatic carbocycles. The molecule has 1 nitrogen and oxygen atoms in total. The third kappa shape index (κ3) is 3.15. The molecule has 12 heavy (non-hydrogen) atoms. The van der Waals surface area contributed by atoms with Crippen LogP contribution in [0.1, 0.15) is 29.8 Å². The van der Waals surface area contributed by atoms with Gasteiger partial charge in [0.2, 0.25) is 0 Å². The van der Waals surface area contributed by atoms with Crippen molar-refractivity contribution >= 4 is 12.4 Å². The van der Waals surface area contributed by atoms with E-state index in [2.05, 4.69) is 6.58 Å². The average molecular weight is 162 g/mol. The maximum atomic E-state index is 10.2. The summed E-state index contributed by atoms with van der Waals surface area (Å²) in [6.07, 6.45) is 2.57. The largest absolute Gasteiger partial charge is 0.298 e. The molecule has 0 unspecified atom stereocenters. The third-order valence-electron chi connectivity index (χ3n) is 1.31. The van der Waals surface area contributed by atoms with Crippen molar-refractivity contribution in [2.24, 2.45) is 0 Å². The third-order valence-corrected chi connectivity index (χ3v) is 1.31. The first-order valence-corrected chi connectivity index (χ1v) is 4.04. The van der Waals surface area contributed by atoms with Crippen molar-refractivity contribution in [3.63, 3.8) is 0 Å². The Morgan fingerprint density at radius 1 is 1.08 bits per heavy atom. The molecule has 0 aliphatic carbocycles. The fourth-order valence-electron chi connectivity index (χ4n) is 0.711. The van der Waals surface area contributed by atoms with Gasteiger partial charge in [0.25, 0.3) is 0 Å². The highest BCUT2D eigenvalue weighted by atomic mass is 16.1. The van der Waals surface area contributed by atoms with E-state index in [0.29, 0.717) is 5.56 Å². The van der Waals surface area contributed by atoms with E-state index >= 15 is 0 Å². The van der Waals surface area contributed by atoms with Crippen molar-refractivity contribution in [1.82, 2.24) is 0 Å². The minimum atomic E-state index is 0.700. The maximum absolute atomic E-state index is 10.2. The molecule has 1 rings (SSSR count). The Balaban J connectivity index is 0.000000561. The van der Waals surface area contributed by atoms with Crippen molar-refractivity contribution in [3.05, 3.63) is 42.0 Å². The molecule has 0 spiro atoms. The van der Waals surface area contributed by atoms with E-state index in [0.717, 1.165) is 11.8 Å². The van der Waals surface area contributed by atoms with Crippen LogP contribution in [0.15, 0.2) is 30.8 Å². The number of aldehydes is 1. The van der Waals surface area contributed by atoms with Crippen LogP contribution in [0.4, 0.5) is 0 Å². The van der Waals surface area contributed by atoms with Gasteiger partial charge in [-0.05, 0) is 5.56 Å². The summed E-state index contributed by atoms with van der Waals surface area (Å²) in [6, 6.07) is 7.25. The molecule has 0 fully saturated rings. The molecule has 0 aliphatic rings. The van der Waals surface area contributed by atoms with Crippen LogP contribution in [0, 0.1) is 0 Å². The minimum Gasteiger partial charge on any atom is -0.298 e. The Bertz CT molecular complexity index is 207. The summed E-state index contributed by atoms with van der Waals surface area (Å²) in [4.78, 5) is 10.2. The molecule has 0 aromatic heterocycles. The van der Waals surface area contributed by atoms with Crippen LogP contribution >= 0.6 is 0 Å². The smallest absolute Gasteiger partial charge is 0.150 e. The van der Waals surface area contributed by atoms with Crippen LogP contribution in [0.5, 0.6) is 0 Å². The summed E-state index contributed by atoms with van der Waals surface area (Å²) < 4.78 is 0. The van der Waals surface area contributed by atoms with Gasteiger partial charge in [-0.3, -0.25) is 4.79 Å². The van der Waals surface area contributed by atoms with E-state index in [9.17, 15) is 4.79 Å². The second-order valence-electron chi connectivity index (χ2n) is 1.99. The van der Waals surface area contributed by atoms with Gasteiger partial charge in [-0.1, -0.05) is 50.8 Å². The number of hydrogen-bond donors (Lipinski definition) is 0. The van der Waals surface area contributed by atoms with Gasteiger partial charge >= 0.3 is 0 Å². The Morgan fingerprint density at radius 2 is 1.50 bits per heavy atom. The standard InChI is InChI=1S/C9H8O.C2H6/c1-2-8-3-5-9(7-10)6-4-8;1-2/h2-7H,1H2;1-2H3. The molecule has 1 heteroatoms. The predicted octanol–water partition coefficient (Wildman–Crippen LogP) is 3.17. The summed E-state index contributed by atoms with van der Waals surface area (Å²) in [5.74, 6) is 0. The zero-order valence-corrected chi connectivity index (χ0v) is 7.58. The van der Waals surface area contributed by atoms with E-state index in [1.54, 1.807) is 18.2 Å². The molecular formula is C11H14O. The first kappa shape index (κ1) is 10.6. The van der Waals surface area contributed by atoms with Gasteiger partial charge in [0.1, 0.15) is 6.29 Å². The van der Waals surface area contributed by atoms with Gasteiger partial charge < -0.3 is 0 Å². The van der Waals surface area contributed by atoms with E-state index in [-0.39, 0.29) is 0 Å². The lowest BCUT2D eigenvalue weighted by molar-refractivity contribution is 0.112. The van der Waals surface area contributed by atoms with Gasteiger partial charge in [-0.2, -0.15) is 0 Å². The Kier molecular flexibility index (Phi) is 5.62. The fourth-order valence-corrected chi connectivity index (χ4v) is 0.711. The second-order valence-corrected chi connectivity index (χ2v) is 1.99. The maximum Gasteiger partial charge on any atom is 0.150 e. The van der Waals surface area contributed by atoms with E-state index in [1.165, 1.54) is 0 Å². The molecule has 0 heterocycles. The van der Waals surface area contributed by atoms with Crippen molar-refractivity contribution in [2.45, 2.75) is 13.8 Å². The monoisotopic (exact) mass is 162 g/mol. The molecule has 0 radical (unpaired) electrons. The molecule has 0 amide bonds. The second kappa shape index (κ2) is 6.35. The van der Waals surface area contributed by atoms with Crippen LogP contribution < -0.4 is 0 Å². The highest BCUT2D eigenvalue weighted by Crippen LogP contribution is 2.02. The number of benzene rings is 1. The Labute approximate surface area is 73.7 Å². The van der Waals surface area contributed by atoms with Gasteiger partial charge in [0.15, 0.2) is 0 Å². The summed E-state index contributed by atoms with van der Waals surface area (Å²) in [5, 5.41) is 0. The molecule has 0 aliphatic heterocycles. The highest BCUT2D eigenvalue weighted by molar-refractivity contribution is 5.75. The topological polar surface area (TPSA) is 17.1 Å². The quantitative estimate of drug-likeness (QED) is 0.610. The predicted molar refractivity (Wildman–Crippen MR) is 53.3 cm³/mol. The first-order chi connectivity index (χ1) is 5.86. The lowest BCUT2D eigenvalue weighted by Crippen LogP contribution is -1.77. The zero-order valence-electron chi connectivity index (χ0n) is 7.58. The number of rotatable bonds is 2. The normalized spacial score (nSPS) is 7.83. The molecule has 0 saturated carbocycles. The zero-order chi connectivity index (χ0) is 9.40. The Morgan fingerprint density at radius 3 is 1.83 bits per heavy atom. The van der Waals surface area contributed by atoms with Crippen molar-refractivity contribution in [2.75, 3.05) is 0 Å². The molecule has 0 saturated heterocycles. The highest BCUT2D eigenvalue weighted by Gasteiger charge is 1.86. The molecule has 1 aromatic rings. The van der Waals surface area contributed by atoms with Gasteiger partial charge in [0.05, 0.1) is 0 Å². The van der Waals surface area contributed by atoms with Gasteiger partial charge in [0, 0.05) is 5.56 Å². The number of carbonyl (C=O) groups excluding carboxylic acids is 1.